The summed E-state index contributed by atoms with van der Waals surface area (Å²) < 4.78 is 5.09. The molecule has 1 unspecified atom stereocenters. The van der Waals surface area contributed by atoms with Crippen molar-refractivity contribution in [2.24, 2.45) is 0 Å². The third kappa shape index (κ3) is 6.63. The molecule has 0 aromatic heterocycles. The number of hydrogen-bond donors (Lipinski definition) is 2. The average molecular weight is 458 g/mol. The van der Waals surface area contributed by atoms with Crippen molar-refractivity contribution in [3.8, 4) is 0 Å². The van der Waals surface area contributed by atoms with E-state index in [2.05, 4.69) is 10.6 Å². The van der Waals surface area contributed by atoms with Crippen LogP contribution in [-0.2, 0) is 14.3 Å². The SMILES string of the molecule is Cc1ccccc1C(=O)NCCC(=O)OC(C)C(=O)Nc1cc(Cl)c(Cl)cc1Cl. The molecule has 6 nitrogen and oxygen atoms in total. The van der Waals surface area contributed by atoms with E-state index in [0.717, 1.165) is 5.56 Å². The first kappa shape index (κ1) is 23.0. The number of amides is 2. The summed E-state index contributed by atoms with van der Waals surface area (Å²) in [5.74, 6) is -1.49. The first-order valence-corrected chi connectivity index (χ1v) is 9.81. The molecule has 0 aliphatic carbocycles. The van der Waals surface area contributed by atoms with Crippen LogP contribution in [0.2, 0.25) is 15.1 Å². The maximum absolute atomic E-state index is 12.2. The molecular weight excluding hydrogens is 439 g/mol. The zero-order valence-electron chi connectivity index (χ0n) is 15.7. The summed E-state index contributed by atoms with van der Waals surface area (Å²) in [6.07, 6.45) is -1.15. The van der Waals surface area contributed by atoms with Crippen LogP contribution in [0.4, 0.5) is 5.69 Å². The first-order valence-electron chi connectivity index (χ1n) is 8.67. The summed E-state index contributed by atoms with van der Waals surface area (Å²) in [5.41, 5.74) is 1.62. The van der Waals surface area contributed by atoms with Gasteiger partial charge in [-0.15, -0.1) is 0 Å². The minimum Gasteiger partial charge on any atom is -0.452 e. The second kappa shape index (κ2) is 10.5. The van der Waals surface area contributed by atoms with Crippen molar-refractivity contribution in [3.63, 3.8) is 0 Å². The van der Waals surface area contributed by atoms with Crippen LogP contribution < -0.4 is 10.6 Å². The van der Waals surface area contributed by atoms with E-state index >= 15 is 0 Å². The summed E-state index contributed by atoms with van der Waals surface area (Å²) >= 11 is 17.8. The molecule has 0 fully saturated rings. The van der Waals surface area contributed by atoms with Crippen LogP contribution in [0.1, 0.15) is 29.3 Å². The summed E-state index contributed by atoms with van der Waals surface area (Å²) in [6, 6.07) is 9.92. The number of carbonyl (C=O) groups is 3. The molecule has 0 bridgehead atoms. The summed E-state index contributed by atoms with van der Waals surface area (Å²) in [6.45, 7) is 3.33. The lowest BCUT2D eigenvalue weighted by Crippen LogP contribution is -2.32. The second-order valence-electron chi connectivity index (χ2n) is 6.19. The third-order valence-electron chi connectivity index (χ3n) is 3.95. The van der Waals surface area contributed by atoms with E-state index in [9.17, 15) is 14.4 Å². The van der Waals surface area contributed by atoms with Gasteiger partial charge in [-0.25, -0.2) is 0 Å². The number of halogens is 3. The molecule has 1 atom stereocenters. The van der Waals surface area contributed by atoms with Gasteiger partial charge in [-0.2, -0.15) is 0 Å². The largest absolute Gasteiger partial charge is 0.452 e. The van der Waals surface area contributed by atoms with Gasteiger partial charge in [0.25, 0.3) is 11.8 Å². The van der Waals surface area contributed by atoms with Crippen molar-refractivity contribution in [1.82, 2.24) is 5.32 Å². The molecular formula is C20H19Cl3N2O4. The quantitative estimate of drug-likeness (QED) is 0.468. The maximum atomic E-state index is 12.2. The fraction of sp³-hybridized carbons (Fsp3) is 0.250. The van der Waals surface area contributed by atoms with Crippen LogP contribution in [0, 0.1) is 6.92 Å². The van der Waals surface area contributed by atoms with Crippen molar-refractivity contribution in [1.29, 1.82) is 0 Å². The Morgan fingerprint density at radius 2 is 1.69 bits per heavy atom. The van der Waals surface area contributed by atoms with Gasteiger partial charge in [-0.3, -0.25) is 14.4 Å². The van der Waals surface area contributed by atoms with Gasteiger partial charge in [0.05, 0.1) is 27.2 Å². The molecule has 2 rings (SSSR count). The molecule has 0 heterocycles. The molecule has 0 radical (unpaired) electrons. The standard InChI is InChI=1S/C20H19Cl3N2O4/c1-11-5-3-4-6-13(11)20(28)24-8-7-18(26)29-12(2)19(27)25-17-10-15(22)14(21)9-16(17)23/h3-6,9-10,12H,7-8H2,1-2H3,(H,24,28)(H,25,27). The van der Waals surface area contributed by atoms with Gasteiger partial charge in [-0.1, -0.05) is 53.0 Å². The Labute approximate surface area is 183 Å². The van der Waals surface area contributed by atoms with E-state index in [1.807, 2.05) is 19.1 Å². The minimum atomic E-state index is -1.07. The third-order valence-corrected chi connectivity index (χ3v) is 4.98. The van der Waals surface area contributed by atoms with Gasteiger partial charge in [0.1, 0.15) is 0 Å². The fourth-order valence-corrected chi connectivity index (χ4v) is 2.96. The normalized spacial score (nSPS) is 11.5. The summed E-state index contributed by atoms with van der Waals surface area (Å²) in [7, 11) is 0. The average Bonchev–Trinajstić information content (AvgIpc) is 2.66. The highest BCUT2D eigenvalue weighted by molar-refractivity contribution is 6.44. The number of ether oxygens (including phenoxy) is 1. The highest BCUT2D eigenvalue weighted by Crippen LogP contribution is 2.32. The summed E-state index contributed by atoms with van der Waals surface area (Å²) in [5, 5.41) is 5.85. The van der Waals surface area contributed by atoms with Gasteiger partial charge in [0, 0.05) is 12.1 Å². The molecule has 2 amide bonds. The topological polar surface area (TPSA) is 84.5 Å². The van der Waals surface area contributed by atoms with Crippen molar-refractivity contribution in [2.75, 3.05) is 11.9 Å². The predicted molar refractivity (Wildman–Crippen MR) is 114 cm³/mol. The van der Waals surface area contributed by atoms with Crippen LogP contribution in [-0.4, -0.2) is 30.4 Å². The van der Waals surface area contributed by atoms with Gasteiger partial charge in [0.2, 0.25) is 0 Å². The highest BCUT2D eigenvalue weighted by atomic mass is 35.5. The van der Waals surface area contributed by atoms with Gasteiger partial charge >= 0.3 is 5.97 Å². The van der Waals surface area contributed by atoms with E-state index < -0.39 is 18.0 Å². The zero-order valence-corrected chi connectivity index (χ0v) is 18.0. The van der Waals surface area contributed by atoms with E-state index in [1.165, 1.54) is 19.1 Å². The molecule has 29 heavy (non-hydrogen) atoms. The van der Waals surface area contributed by atoms with E-state index in [1.54, 1.807) is 12.1 Å². The molecule has 0 saturated carbocycles. The Hall–Kier alpha value is -2.28. The Balaban J connectivity index is 1.81. The smallest absolute Gasteiger partial charge is 0.308 e. The number of esters is 1. The number of benzene rings is 2. The molecule has 154 valence electrons. The lowest BCUT2D eigenvalue weighted by Gasteiger charge is -2.15. The maximum Gasteiger partial charge on any atom is 0.308 e. The number of nitrogens with one attached hydrogen (secondary N) is 2. The molecule has 2 aromatic carbocycles. The number of aryl methyl sites for hydroxylation is 1. The second-order valence-corrected chi connectivity index (χ2v) is 7.41. The molecule has 9 heteroatoms. The minimum absolute atomic E-state index is 0.0806. The Morgan fingerprint density at radius 3 is 2.38 bits per heavy atom. The van der Waals surface area contributed by atoms with E-state index in [4.69, 9.17) is 39.5 Å². The highest BCUT2D eigenvalue weighted by Gasteiger charge is 2.19. The van der Waals surface area contributed by atoms with Crippen molar-refractivity contribution in [3.05, 3.63) is 62.6 Å². The lowest BCUT2D eigenvalue weighted by molar-refractivity contribution is -0.153. The number of rotatable bonds is 7. The van der Waals surface area contributed by atoms with Gasteiger partial charge in [-0.05, 0) is 37.6 Å². The Morgan fingerprint density at radius 1 is 1.03 bits per heavy atom. The molecule has 0 spiro atoms. The van der Waals surface area contributed by atoms with Crippen LogP contribution in [0.5, 0.6) is 0 Å². The van der Waals surface area contributed by atoms with Crippen LogP contribution in [0.3, 0.4) is 0 Å². The summed E-state index contributed by atoms with van der Waals surface area (Å²) in [4.78, 5) is 36.3. The predicted octanol–water partition coefficient (Wildman–Crippen LogP) is 4.65. The lowest BCUT2D eigenvalue weighted by atomic mass is 10.1. The van der Waals surface area contributed by atoms with Crippen LogP contribution >= 0.6 is 34.8 Å². The molecule has 0 aliphatic rings. The van der Waals surface area contributed by atoms with Crippen molar-refractivity contribution in [2.45, 2.75) is 26.4 Å². The fourth-order valence-electron chi connectivity index (χ4n) is 2.36. The first-order chi connectivity index (χ1) is 13.7. The van der Waals surface area contributed by atoms with Gasteiger partial charge in [0.15, 0.2) is 6.10 Å². The van der Waals surface area contributed by atoms with E-state index in [-0.39, 0.29) is 39.6 Å². The van der Waals surface area contributed by atoms with Crippen molar-refractivity contribution < 1.29 is 19.1 Å². The molecule has 2 N–H and O–H groups in total. The number of carbonyl (C=O) groups excluding carboxylic acids is 3. The molecule has 0 saturated heterocycles. The van der Waals surface area contributed by atoms with Crippen LogP contribution in [0.25, 0.3) is 0 Å². The number of anilines is 1. The Bertz CT molecular complexity index is 934. The Kier molecular flexibility index (Phi) is 8.32. The van der Waals surface area contributed by atoms with Gasteiger partial charge < -0.3 is 15.4 Å². The molecule has 2 aromatic rings. The van der Waals surface area contributed by atoms with Crippen LogP contribution in [0.15, 0.2) is 36.4 Å². The monoisotopic (exact) mass is 456 g/mol. The van der Waals surface area contributed by atoms with Crippen molar-refractivity contribution >= 4 is 58.3 Å². The van der Waals surface area contributed by atoms with E-state index in [0.29, 0.717) is 5.56 Å². The molecule has 0 aliphatic heterocycles. The zero-order chi connectivity index (χ0) is 21.6. The number of hydrogen-bond acceptors (Lipinski definition) is 4.